The van der Waals surface area contributed by atoms with Crippen molar-refractivity contribution in [3.8, 4) is 0 Å². The molecule has 0 aliphatic carbocycles. The number of unbranched alkanes of at least 4 members (excludes halogenated alkanes) is 1. The largest absolute Gasteiger partial charge is 0.467 e. The molecule has 104 valence electrons. The molecule has 0 saturated carbocycles. The van der Waals surface area contributed by atoms with Crippen molar-refractivity contribution in [3.63, 3.8) is 0 Å². The minimum Gasteiger partial charge on any atom is -0.467 e. The van der Waals surface area contributed by atoms with Gasteiger partial charge in [-0.25, -0.2) is 4.79 Å². The molecule has 1 unspecified atom stereocenters. The van der Waals surface area contributed by atoms with E-state index in [1.54, 1.807) is 0 Å². The third-order valence-corrected chi connectivity index (χ3v) is 2.57. The molecule has 5 nitrogen and oxygen atoms in total. The van der Waals surface area contributed by atoms with Gasteiger partial charge in [-0.15, -0.1) is 0 Å². The SMILES string of the molecule is CCCCC(=O)CC(=O)NC(CCC)C(=O)OC. The van der Waals surface area contributed by atoms with E-state index in [1.807, 2.05) is 13.8 Å². The van der Waals surface area contributed by atoms with Crippen LogP contribution in [0.2, 0.25) is 0 Å². The van der Waals surface area contributed by atoms with E-state index < -0.39 is 17.9 Å². The summed E-state index contributed by atoms with van der Waals surface area (Å²) in [7, 11) is 1.28. The molecular weight excluding hydrogens is 234 g/mol. The predicted molar refractivity (Wildman–Crippen MR) is 68.0 cm³/mol. The summed E-state index contributed by atoms with van der Waals surface area (Å²) in [5.41, 5.74) is 0. The highest BCUT2D eigenvalue weighted by atomic mass is 16.5. The zero-order valence-electron chi connectivity index (χ0n) is 11.5. The van der Waals surface area contributed by atoms with Gasteiger partial charge in [-0.1, -0.05) is 26.7 Å². The number of nitrogens with one attached hydrogen (secondary N) is 1. The van der Waals surface area contributed by atoms with Gasteiger partial charge in [0.15, 0.2) is 0 Å². The first-order chi connectivity index (χ1) is 8.54. The lowest BCUT2D eigenvalue weighted by molar-refractivity contribution is -0.145. The van der Waals surface area contributed by atoms with Crippen molar-refractivity contribution in [1.82, 2.24) is 5.32 Å². The molecule has 0 heterocycles. The molecule has 0 aromatic rings. The van der Waals surface area contributed by atoms with Crippen LogP contribution in [0.4, 0.5) is 0 Å². The van der Waals surface area contributed by atoms with Crippen molar-refractivity contribution < 1.29 is 19.1 Å². The molecule has 0 aromatic carbocycles. The molecule has 1 atom stereocenters. The molecule has 0 aliphatic rings. The molecule has 18 heavy (non-hydrogen) atoms. The Balaban J connectivity index is 4.16. The van der Waals surface area contributed by atoms with Crippen LogP contribution in [-0.2, 0) is 19.1 Å². The van der Waals surface area contributed by atoms with Crippen LogP contribution in [0.15, 0.2) is 0 Å². The fourth-order valence-corrected chi connectivity index (χ4v) is 1.57. The molecule has 5 heteroatoms. The lowest BCUT2D eigenvalue weighted by atomic mass is 10.1. The number of methoxy groups -OCH3 is 1. The molecule has 0 aromatic heterocycles. The minimum atomic E-state index is -0.647. The lowest BCUT2D eigenvalue weighted by Gasteiger charge is -2.15. The van der Waals surface area contributed by atoms with E-state index in [4.69, 9.17) is 0 Å². The van der Waals surface area contributed by atoms with Crippen LogP contribution < -0.4 is 5.32 Å². The first-order valence-electron chi connectivity index (χ1n) is 6.44. The maximum atomic E-state index is 11.6. The molecule has 0 aliphatic heterocycles. The monoisotopic (exact) mass is 257 g/mol. The van der Waals surface area contributed by atoms with Crippen molar-refractivity contribution in [2.75, 3.05) is 7.11 Å². The van der Waals surface area contributed by atoms with Gasteiger partial charge in [0.05, 0.1) is 13.5 Å². The van der Waals surface area contributed by atoms with Gasteiger partial charge in [0.1, 0.15) is 11.8 Å². The molecule has 0 fully saturated rings. The van der Waals surface area contributed by atoms with Crippen molar-refractivity contribution in [1.29, 1.82) is 0 Å². The van der Waals surface area contributed by atoms with Crippen molar-refractivity contribution in [2.24, 2.45) is 0 Å². The predicted octanol–water partition coefficient (Wildman–Crippen LogP) is 1.59. The Hall–Kier alpha value is -1.39. The van der Waals surface area contributed by atoms with E-state index in [9.17, 15) is 14.4 Å². The summed E-state index contributed by atoms with van der Waals surface area (Å²) in [5, 5.41) is 2.54. The highest BCUT2D eigenvalue weighted by Gasteiger charge is 2.21. The average Bonchev–Trinajstić information content (AvgIpc) is 2.34. The Morgan fingerprint density at radius 1 is 1.17 bits per heavy atom. The van der Waals surface area contributed by atoms with Gasteiger partial charge in [0.25, 0.3) is 0 Å². The van der Waals surface area contributed by atoms with Crippen LogP contribution in [0.5, 0.6) is 0 Å². The summed E-state index contributed by atoms with van der Waals surface area (Å²) in [6, 6.07) is -0.647. The Labute approximate surface area is 108 Å². The van der Waals surface area contributed by atoms with Crippen LogP contribution in [0.1, 0.15) is 52.4 Å². The number of Topliss-reactive ketones (excluding diaryl/α,β-unsaturated/α-hetero) is 1. The van der Waals surface area contributed by atoms with E-state index in [0.29, 0.717) is 12.8 Å². The second-order valence-electron chi connectivity index (χ2n) is 4.25. The molecule has 0 radical (unpaired) electrons. The van der Waals surface area contributed by atoms with Crippen molar-refractivity contribution in [3.05, 3.63) is 0 Å². The van der Waals surface area contributed by atoms with Crippen LogP contribution in [-0.4, -0.2) is 30.8 Å². The fourth-order valence-electron chi connectivity index (χ4n) is 1.57. The topological polar surface area (TPSA) is 72.5 Å². The molecule has 1 amide bonds. The van der Waals surface area contributed by atoms with Crippen LogP contribution >= 0.6 is 0 Å². The molecule has 0 rings (SSSR count). The van der Waals surface area contributed by atoms with Gasteiger partial charge < -0.3 is 10.1 Å². The maximum Gasteiger partial charge on any atom is 0.328 e. The van der Waals surface area contributed by atoms with Gasteiger partial charge in [0.2, 0.25) is 5.91 Å². The van der Waals surface area contributed by atoms with Gasteiger partial charge >= 0.3 is 5.97 Å². The fraction of sp³-hybridized carbons (Fsp3) is 0.769. The van der Waals surface area contributed by atoms with Gasteiger partial charge in [-0.3, -0.25) is 9.59 Å². The molecule has 0 spiro atoms. The molecule has 0 bridgehead atoms. The molecule has 0 saturated heterocycles. The zero-order valence-corrected chi connectivity index (χ0v) is 11.5. The first kappa shape index (κ1) is 16.6. The average molecular weight is 257 g/mol. The quantitative estimate of drug-likeness (QED) is 0.503. The lowest BCUT2D eigenvalue weighted by Crippen LogP contribution is -2.42. The van der Waals surface area contributed by atoms with Gasteiger partial charge in [0, 0.05) is 6.42 Å². The van der Waals surface area contributed by atoms with Gasteiger partial charge in [-0.2, -0.15) is 0 Å². The summed E-state index contributed by atoms with van der Waals surface area (Å²) in [5.74, 6) is -0.958. The summed E-state index contributed by atoms with van der Waals surface area (Å²) >= 11 is 0. The zero-order chi connectivity index (χ0) is 14.0. The van der Waals surface area contributed by atoms with Crippen molar-refractivity contribution >= 4 is 17.7 Å². The number of rotatable bonds is 9. The third-order valence-electron chi connectivity index (χ3n) is 2.57. The second kappa shape index (κ2) is 9.62. The Morgan fingerprint density at radius 3 is 2.33 bits per heavy atom. The highest BCUT2D eigenvalue weighted by molar-refractivity contribution is 5.99. The van der Waals surface area contributed by atoms with E-state index in [0.717, 1.165) is 19.3 Å². The number of hydrogen-bond acceptors (Lipinski definition) is 4. The summed E-state index contributed by atoms with van der Waals surface area (Å²) in [6.45, 7) is 3.90. The van der Waals surface area contributed by atoms with Gasteiger partial charge in [-0.05, 0) is 12.8 Å². The van der Waals surface area contributed by atoms with Crippen LogP contribution in [0, 0.1) is 0 Å². The van der Waals surface area contributed by atoms with E-state index in [-0.39, 0.29) is 12.2 Å². The van der Waals surface area contributed by atoms with Crippen LogP contribution in [0.3, 0.4) is 0 Å². The maximum absolute atomic E-state index is 11.6. The molecule has 1 N–H and O–H groups in total. The summed E-state index contributed by atoms with van der Waals surface area (Å²) in [6.07, 6.45) is 3.25. The van der Waals surface area contributed by atoms with E-state index >= 15 is 0 Å². The summed E-state index contributed by atoms with van der Waals surface area (Å²) in [4.78, 5) is 34.4. The number of ether oxygens (including phenoxy) is 1. The standard InChI is InChI=1S/C13H23NO4/c1-4-6-8-10(15)9-12(16)14-11(7-5-2)13(17)18-3/h11H,4-9H2,1-3H3,(H,14,16). The van der Waals surface area contributed by atoms with Crippen LogP contribution in [0.25, 0.3) is 0 Å². The number of esters is 1. The molecular formula is C13H23NO4. The first-order valence-corrected chi connectivity index (χ1v) is 6.44. The number of hydrogen-bond donors (Lipinski definition) is 1. The minimum absolute atomic E-state index is 0.0885. The number of carbonyl (C=O) groups is 3. The second-order valence-corrected chi connectivity index (χ2v) is 4.25. The Bertz CT molecular complexity index is 289. The van der Waals surface area contributed by atoms with E-state index in [1.165, 1.54) is 7.11 Å². The Kier molecular flexibility index (Phi) is 8.88. The summed E-state index contributed by atoms with van der Waals surface area (Å²) < 4.78 is 4.60. The normalized spacial score (nSPS) is 11.7. The van der Waals surface area contributed by atoms with E-state index in [2.05, 4.69) is 10.1 Å². The highest BCUT2D eigenvalue weighted by Crippen LogP contribution is 2.02. The van der Waals surface area contributed by atoms with Crippen molar-refractivity contribution in [2.45, 2.75) is 58.4 Å². The third kappa shape index (κ3) is 7.04. The smallest absolute Gasteiger partial charge is 0.328 e. The number of ketones is 1. The number of amides is 1. The Morgan fingerprint density at radius 2 is 1.83 bits per heavy atom. The number of carbonyl (C=O) groups excluding carboxylic acids is 3.